The van der Waals surface area contributed by atoms with Crippen LogP contribution >= 0.6 is 0 Å². The molecule has 0 amide bonds. The minimum Gasteiger partial charge on any atom is -0.343 e. The van der Waals surface area contributed by atoms with E-state index in [2.05, 4.69) is 0 Å². The Balaban J connectivity index is 0. The molecule has 0 heterocycles. The minimum atomic E-state index is -1.50. The van der Waals surface area contributed by atoms with Crippen LogP contribution in [0, 0.1) is 17.3 Å². The van der Waals surface area contributed by atoms with Crippen molar-refractivity contribution in [2.45, 2.75) is 54.4 Å². The third-order valence-electron chi connectivity index (χ3n) is 2.17. The van der Waals surface area contributed by atoms with Gasteiger partial charge in [0.2, 0.25) is 0 Å². The van der Waals surface area contributed by atoms with Crippen LogP contribution in [0.15, 0.2) is 0 Å². The summed E-state index contributed by atoms with van der Waals surface area (Å²) in [4.78, 5) is 0. The molecule has 3 nitrogen and oxygen atoms in total. The van der Waals surface area contributed by atoms with E-state index in [1.165, 1.54) is 0 Å². The van der Waals surface area contributed by atoms with E-state index in [0.29, 0.717) is 25.0 Å². The Kier molecular flexibility index (Phi) is 9.09. The molecule has 17 heavy (non-hydrogen) atoms. The first-order valence-electron chi connectivity index (χ1n) is 6.09. The van der Waals surface area contributed by atoms with Gasteiger partial charge in [-0.3, -0.25) is 0 Å². The second-order valence-corrected chi connectivity index (χ2v) is 6.24. The summed E-state index contributed by atoms with van der Waals surface area (Å²) in [5, 5.41) is 10.4. The van der Waals surface area contributed by atoms with Crippen molar-refractivity contribution in [2.75, 3.05) is 13.2 Å². The number of aliphatic hydroxyl groups is 1. The summed E-state index contributed by atoms with van der Waals surface area (Å²) in [6.07, 6.45) is 0. The molecule has 0 atom stereocenters. The fourth-order valence-corrected chi connectivity index (χ4v) is 1.03. The topological polar surface area (TPSA) is 38.7 Å². The van der Waals surface area contributed by atoms with Crippen LogP contribution in [0.25, 0.3) is 0 Å². The van der Waals surface area contributed by atoms with Crippen LogP contribution in [0.5, 0.6) is 0 Å². The van der Waals surface area contributed by atoms with Gasteiger partial charge in [0, 0.05) is 24.0 Å². The molecule has 0 rings (SSSR count). The SMILES string of the molecule is CC(C)COC(O)(OCC(C)C)C(C)(C)C.[V]. The summed E-state index contributed by atoms with van der Waals surface area (Å²) in [5.74, 6) is -0.755. The van der Waals surface area contributed by atoms with Crippen molar-refractivity contribution in [2.24, 2.45) is 17.3 Å². The molecule has 1 radical (unpaired) electrons. The van der Waals surface area contributed by atoms with Gasteiger partial charge in [-0.15, -0.1) is 0 Å². The first-order valence-corrected chi connectivity index (χ1v) is 6.09. The predicted octanol–water partition coefficient (Wildman–Crippen LogP) is 3.02. The Hall–Kier alpha value is 0.464. The molecule has 0 saturated carbocycles. The predicted molar refractivity (Wildman–Crippen MR) is 66.0 cm³/mol. The molecule has 0 bridgehead atoms. The van der Waals surface area contributed by atoms with Crippen LogP contribution < -0.4 is 0 Å². The second-order valence-electron chi connectivity index (χ2n) is 6.24. The maximum Gasteiger partial charge on any atom is 0.285 e. The summed E-state index contributed by atoms with van der Waals surface area (Å²) < 4.78 is 11.1. The zero-order valence-corrected chi connectivity index (χ0v) is 13.7. The molecule has 0 aliphatic heterocycles. The molecule has 0 saturated heterocycles. The van der Waals surface area contributed by atoms with Crippen molar-refractivity contribution < 1.29 is 33.1 Å². The Morgan fingerprint density at radius 2 is 1.18 bits per heavy atom. The fourth-order valence-electron chi connectivity index (χ4n) is 1.03. The van der Waals surface area contributed by atoms with Crippen LogP contribution in [0.2, 0.25) is 0 Å². The maximum absolute atomic E-state index is 10.4. The zero-order chi connectivity index (χ0) is 13.0. The van der Waals surface area contributed by atoms with Crippen LogP contribution in [0.4, 0.5) is 0 Å². The van der Waals surface area contributed by atoms with Gasteiger partial charge in [-0.2, -0.15) is 0 Å². The fraction of sp³-hybridized carbons (Fsp3) is 1.00. The van der Waals surface area contributed by atoms with Gasteiger partial charge in [0.25, 0.3) is 5.97 Å². The summed E-state index contributed by atoms with van der Waals surface area (Å²) in [6, 6.07) is 0. The molecule has 0 fully saturated rings. The Morgan fingerprint density at radius 3 is 1.35 bits per heavy atom. The summed E-state index contributed by atoms with van der Waals surface area (Å²) >= 11 is 0. The average molecular weight is 283 g/mol. The molecular formula is C13H28O3V. The number of hydrogen-bond acceptors (Lipinski definition) is 3. The van der Waals surface area contributed by atoms with E-state index < -0.39 is 11.4 Å². The first kappa shape index (κ1) is 19.8. The average Bonchev–Trinajstić information content (AvgIpc) is 2.09. The van der Waals surface area contributed by atoms with E-state index in [1.54, 1.807) is 0 Å². The van der Waals surface area contributed by atoms with Gasteiger partial charge >= 0.3 is 0 Å². The van der Waals surface area contributed by atoms with Crippen molar-refractivity contribution >= 4 is 0 Å². The molecule has 0 aliphatic rings. The van der Waals surface area contributed by atoms with Crippen molar-refractivity contribution in [3.8, 4) is 0 Å². The number of hydrogen-bond donors (Lipinski definition) is 1. The molecule has 0 unspecified atom stereocenters. The molecule has 0 aromatic heterocycles. The number of rotatable bonds is 6. The van der Waals surface area contributed by atoms with E-state index in [4.69, 9.17) is 9.47 Å². The largest absolute Gasteiger partial charge is 0.343 e. The zero-order valence-electron chi connectivity index (χ0n) is 12.3. The third-order valence-corrected chi connectivity index (χ3v) is 2.17. The molecular weight excluding hydrogens is 255 g/mol. The standard InChI is InChI=1S/C13H28O3.V/c1-10(2)8-15-13(14,12(5,6)7)16-9-11(3)4;/h10-11,14H,8-9H2,1-7H3;. The van der Waals surface area contributed by atoms with Gasteiger partial charge in [-0.1, -0.05) is 48.5 Å². The quantitative estimate of drug-likeness (QED) is 0.762. The molecule has 103 valence electrons. The van der Waals surface area contributed by atoms with Crippen LogP contribution in [0.3, 0.4) is 0 Å². The van der Waals surface area contributed by atoms with Crippen LogP contribution in [-0.2, 0) is 28.0 Å². The van der Waals surface area contributed by atoms with E-state index in [-0.39, 0.29) is 18.6 Å². The maximum atomic E-state index is 10.4. The molecule has 0 aliphatic carbocycles. The van der Waals surface area contributed by atoms with E-state index in [0.717, 1.165) is 0 Å². The monoisotopic (exact) mass is 283 g/mol. The summed E-state index contributed by atoms with van der Waals surface area (Å²) in [7, 11) is 0. The second kappa shape index (κ2) is 7.80. The van der Waals surface area contributed by atoms with Gasteiger partial charge in [-0.05, 0) is 11.8 Å². The van der Waals surface area contributed by atoms with Gasteiger partial charge in [0.05, 0.1) is 13.2 Å². The first-order chi connectivity index (χ1) is 7.08. The van der Waals surface area contributed by atoms with E-state index >= 15 is 0 Å². The molecule has 0 aromatic rings. The Bertz CT molecular complexity index is 185. The molecule has 4 heteroatoms. The van der Waals surface area contributed by atoms with Crippen molar-refractivity contribution in [3.05, 3.63) is 0 Å². The minimum absolute atomic E-state index is 0. The molecule has 1 N–H and O–H groups in total. The van der Waals surface area contributed by atoms with Crippen LogP contribution in [-0.4, -0.2) is 24.3 Å². The number of ether oxygens (including phenoxy) is 2. The molecule has 0 aromatic carbocycles. The third kappa shape index (κ3) is 7.48. The van der Waals surface area contributed by atoms with Gasteiger partial charge < -0.3 is 14.6 Å². The van der Waals surface area contributed by atoms with Crippen LogP contribution in [0.1, 0.15) is 48.5 Å². The van der Waals surface area contributed by atoms with Gasteiger partial charge in [0.15, 0.2) is 0 Å². The van der Waals surface area contributed by atoms with Crippen molar-refractivity contribution in [1.29, 1.82) is 0 Å². The summed E-state index contributed by atoms with van der Waals surface area (Å²) in [6.45, 7) is 14.9. The van der Waals surface area contributed by atoms with E-state index in [9.17, 15) is 5.11 Å². The normalized spacial score (nSPS) is 13.1. The Morgan fingerprint density at radius 1 is 0.882 bits per heavy atom. The van der Waals surface area contributed by atoms with Crippen molar-refractivity contribution in [3.63, 3.8) is 0 Å². The molecule has 0 spiro atoms. The smallest absolute Gasteiger partial charge is 0.285 e. The van der Waals surface area contributed by atoms with Gasteiger partial charge in [0.1, 0.15) is 0 Å². The summed E-state index contributed by atoms with van der Waals surface area (Å²) in [5.41, 5.74) is -0.462. The van der Waals surface area contributed by atoms with Gasteiger partial charge in [-0.25, -0.2) is 0 Å². The van der Waals surface area contributed by atoms with E-state index in [1.807, 2.05) is 48.5 Å². The Labute approximate surface area is 118 Å². The van der Waals surface area contributed by atoms with Crippen molar-refractivity contribution in [1.82, 2.24) is 0 Å².